The summed E-state index contributed by atoms with van der Waals surface area (Å²) < 4.78 is 5.37. The average molecular weight is 255 g/mol. The van der Waals surface area contributed by atoms with Gasteiger partial charge in [0.05, 0.1) is 0 Å². The fourth-order valence-corrected chi connectivity index (χ4v) is 2.29. The van der Waals surface area contributed by atoms with Crippen molar-refractivity contribution < 1.29 is 4.74 Å². The predicted octanol–water partition coefficient (Wildman–Crippen LogP) is 2.68. The minimum Gasteiger partial charge on any atom is -0.381 e. The van der Waals surface area contributed by atoms with E-state index in [2.05, 4.69) is 16.9 Å². The van der Waals surface area contributed by atoms with E-state index in [9.17, 15) is 0 Å². The van der Waals surface area contributed by atoms with Crippen LogP contribution in [0.15, 0.2) is 18.3 Å². The molecule has 17 heavy (non-hydrogen) atoms. The second-order valence-electron chi connectivity index (χ2n) is 4.59. The first-order chi connectivity index (χ1) is 8.29. The van der Waals surface area contributed by atoms with Crippen molar-refractivity contribution in [2.75, 3.05) is 31.7 Å². The average Bonchev–Trinajstić information content (AvgIpc) is 2.40. The van der Waals surface area contributed by atoms with E-state index in [1.807, 2.05) is 18.3 Å². The monoisotopic (exact) mass is 254 g/mol. The number of hydrogen-bond acceptors (Lipinski definition) is 3. The molecule has 1 aliphatic heterocycles. The third-order valence-corrected chi connectivity index (χ3v) is 3.54. The van der Waals surface area contributed by atoms with Crippen molar-refractivity contribution in [2.45, 2.75) is 18.7 Å². The lowest BCUT2D eigenvalue weighted by atomic mass is 10.00. The second-order valence-corrected chi connectivity index (χ2v) is 4.86. The maximum Gasteiger partial charge on any atom is 0.128 e. The molecule has 0 saturated carbocycles. The van der Waals surface area contributed by atoms with Crippen LogP contribution in [0.1, 0.15) is 18.4 Å². The van der Waals surface area contributed by atoms with Crippen LogP contribution in [0.3, 0.4) is 0 Å². The summed E-state index contributed by atoms with van der Waals surface area (Å²) in [5.41, 5.74) is 1.06. The number of alkyl halides is 1. The Labute approximate surface area is 108 Å². The first-order valence-corrected chi connectivity index (χ1v) is 6.63. The minimum atomic E-state index is 0.525. The Bertz CT molecular complexity index is 336. The molecule has 2 rings (SSSR count). The summed E-state index contributed by atoms with van der Waals surface area (Å²) in [7, 11) is 2.10. The molecule has 0 aliphatic carbocycles. The van der Waals surface area contributed by atoms with Gasteiger partial charge in [-0.05, 0) is 30.4 Å². The molecular weight excluding hydrogens is 236 g/mol. The number of aromatic nitrogens is 1. The van der Waals surface area contributed by atoms with Crippen LogP contribution in [-0.4, -0.2) is 31.8 Å². The molecule has 3 nitrogen and oxygen atoms in total. The molecule has 1 aromatic rings. The molecule has 1 saturated heterocycles. The van der Waals surface area contributed by atoms with Crippen molar-refractivity contribution in [1.29, 1.82) is 0 Å². The lowest BCUT2D eigenvalue weighted by Gasteiger charge is -2.27. The Kier molecular flexibility index (Phi) is 4.63. The largest absolute Gasteiger partial charge is 0.381 e. The maximum atomic E-state index is 5.75. The summed E-state index contributed by atoms with van der Waals surface area (Å²) in [5, 5.41) is 0. The highest BCUT2D eigenvalue weighted by molar-refractivity contribution is 6.17. The van der Waals surface area contributed by atoms with Gasteiger partial charge in [-0.2, -0.15) is 0 Å². The lowest BCUT2D eigenvalue weighted by molar-refractivity contribution is 0.0685. The van der Waals surface area contributed by atoms with Gasteiger partial charge in [0.25, 0.3) is 0 Å². The highest BCUT2D eigenvalue weighted by atomic mass is 35.5. The molecule has 0 unspecified atom stereocenters. The summed E-state index contributed by atoms with van der Waals surface area (Å²) in [5.74, 6) is 2.27. The van der Waals surface area contributed by atoms with Crippen molar-refractivity contribution in [3.63, 3.8) is 0 Å². The van der Waals surface area contributed by atoms with Crippen LogP contribution in [0.25, 0.3) is 0 Å². The minimum absolute atomic E-state index is 0.525. The van der Waals surface area contributed by atoms with Gasteiger partial charge in [-0.15, -0.1) is 11.6 Å². The molecule has 0 spiro atoms. The number of halogens is 1. The first-order valence-electron chi connectivity index (χ1n) is 6.09. The molecule has 0 amide bonds. The van der Waals surface area contributed by atoms with Crippen LogP contribution < -0.4 is 4.90 Å². The van der Waals surface area contributed by atoms with Gasteiger partial charge < -0.3 is 9.64 Å². The van der Waals surface area contributed by atoms with Crippen molar-refractivity contribution in [3.8, 4) is 0 Å². The Morgan fingerprint density at radius 2 is 2.18 bits per heavy atom. The van der Waals surface area contributed by atoms with Gasteiger partial charge in [0.15, 0.2) is 0 Å². The normalized spacial score (nSPS) is 17.1. The third-order valence-electron chi connectivity index (χ3n) is 3.23. The van der Waals surface area contributed by atoms with Gasteiger partial charge in [-0.25, -0.2) is 4.98 Å². The Hall–Kier alpha value is -0.800. The highest BCUT2D eigenvalue weighted by Crippen LogP contribution is 2.18. The molecule has 0 N–H and O–H groups in total. The molecule has 1 fully saturated rings. The molecule has 1 aliphatic rings. The van der Waals surface area contributed by atoms with E-state index in [0.29, 0.717) is 5.88 Å². The summed E-state index contributed by atoms with van der Waals surface area (Å²) in [6.07, 6.45) is 4.16. The zero-order chi connectivity index (χ0) is 12.1. The molecule has 4 heteroatoms. The quantitative estimate of drug-likeness (QED) is 0.773. The van der Waals surface area contributed by atoms with E-state index in [4.69, 9.17) is 16.3 Å². The number of nitrogens with zero attached hydrogens (tertiary/aromatic N) is 2. The summed E-state index contributed by atoms with van der Waals surface area (Å²) in [6, 6.07) is 4.08. The first kappa shape index (κ1) is 12.7. The van der Waals surface area contributed by atoms with E-state index >= 15 is 0 Å². The summed E-state index contributed by atoms with van der Waals surface area (Å²) in [4.78, 5) is 6.64. The Morgan fingerprint density at radius 1 is 1.41 bits per heavy atom. The zero-order valence-electron chi connectivity index (χ0n) is 10.2. The topological polar surface area (TPSA) is 25.4 Å². The Balaban J connectivity index is 1.91. The number of hydrogen-bond donors (Lipinski definition) is 0. The second kappa shape index (κ2) is 6.22. The van der Waals surface area contributed by atoms with Crippen LogP contribution in [0, 0.1) is 5.92 Å². The molecular formula is C13H19ClN2O. The molecule has 0 atom stereocenters. The summed E-state index contributed by atoms with van der Waals surface area (Å²) in [6.45, 7) is 2.85. The zero-order valence-corrected chi connectivity index (χ0v) is 11.0. The van der Waals surface area contributed by atoms with Crippen LogP contribution in [0.4, 0.5) is 5.82 Å². The van der Waals surface area contributed by atoms with Crippen LogP contribution in [-0.2, 0) is 10.6 Å². The van der Waals surface area contributed by atoms with Gasteiger partial charge in [0, 0.05) is 38.9 Å². The van der Waals surface area contributed by atoms with Crippen molar-refractivity contribution >= 4 is 17.4 Å². The number of anilines is 1. The van der Waals surface area contributed by atoms with Crippen molar-refractivity contribution in [3.05, 3.63) is 23.9 Å². The van der Waals surface area contributed by atoms with Crippen molar-refractivity contribution in [1.82, 2.24) is 4.98 Å². The van der Waals surface area contributed by atoms with Gasteiger partial charge >= 0.3 is 0 Å². The van der Waals surface area contributed by atoms with E-state index in [1.54, 1.807) is 0 Å². The maximum absolute atomic E-state index is 5.75. The van der Waals surface area contributed by atoms with E-state index in [0.717, 1.165) is 49.9 Å². The molecule has 94 valence electrons. The van der Waals surface area contributed by atoms with E-state index in [-0.39, 0.29) is 0 Å². The summed E-state index contributed by atoms with van der Waals surface area (Å²) >= 11 is 5.75. The number of pyridine rings is 1. The molecule has 1 aromatic heterocycles. The third kappa shape index (κ3) is 3.58. The molecule has 0 aromatic carbocycles. The van der Waals surface area contributed by atoms with Crippen LogP contribution in [0.5, 0.6) is 0 Å². The molecule has 2 heterocycles. The van der Waals surface area contributed by atoms with E-state index in [1.165, 1.54) is 0 Å². The van der Waals surface area contributed by atoms with Gasteiger partial charge in [-0.1, -0.05) is 6.07 Å². The Morgan fingerprint density at radius 3 is 2.76 bits per heavy atom. The van der Waals surface area contributed by atoms with Crippen molar-refractivity contribution in [2.24, 2.45) is 5.92 Å². The van der Waals surface area contributed by atoms with Crippen LogP contribution in [0.2, 0.25) is 0 Å². The standard InChI is InChI=1S/C13H19ClN2O/c1-16(10-11-4-6-17-7-5-11)13-3-2-12(8-14)9-15-13/h2-3,9,11H,4-8,10H2,1H3. The SMILES string of the molecule is CN(CC1CCOCC1)c1ccc(CCl)cn1. The smallest absolute Gasteiger partial charge is 0.128 e. The number of rotatable bonds is 4. The highest BCUT2D eigenvalue weighted by Gasteiger charge is 2.16. The molecule has 0 radical (unpaired) electrons. The van der Waals surface area contributed by atoms with Gasteiger partial charge in [0.1, 0.15) is 5.82 Å². The van der Waals surface area contributed by atoms with Gasteiger partial charge in [0.2, 0.25) is 0 Å². The molecule has 0 bridgehead atoms. The fraction of sp³-hybridized carbons (Fsp3) is 0.615. The van der Waals surface area contributed by atoms with Crippen LogP contribution >= 0.6 is 11.6 Å². The number of ether oxygens (including phenoxy) is 1. The fourth-order valence-electron chi connectivity index (χ4n) is 2.13. The van der Waals surface area contributed by atoms with Gasteiger partial charge in [-0.3, -0.25) is 0 Å². The van der Waals surface area contributed by atoms with E-state index < -0.39 is 0 Å². The predicted molar refractivity (Wildman–Crippen MR) is 70.6 cm³/mol. The lowest BCUT2D eigenvalue weighted by Crippen LogP contribution is -2.30.